The summed E-state index contributed by atoms with van der Waals surface area (Å²) in [6, 6.07) is -1.04. The van der Waals surface area contributed by atoms with Gasteiger partial charge in [0, 0.05) is 33.2 Å². The van der Waals surface area contributed by atoms with Gasteiger partial charge in [0.2, 0.25) is 5.91 Å². The molecule has 21 heavy (non-hydrogen) atoms. The predicted octanol–water partition coefficient (Wildman–Crippen LogP) is 0.250. The average Bonchev–Trinajstić information content (AvgIpc) is 2.81. The molecule has 0 radical (unpaired) electrons. The van der Waals surface area contributed by atoms with E-state index in [9.17, 15) is 14.4 Å². The lowest BCUT2D eigenvalue weighted by Crippen LogP contribution is -2.39. The number of piperidine rings is 1. The summed E-state index contributed by atoms with van der Waals surface area (Å²) in [4.78, 5) is 36.3. The molecule has 2 aliphatic heterocycles. The van der Waals surface area contributed by atoms with Crippen molar-refractivity contribution in [3.05, 3.63) is 0 Å². The van der Waals surface area contributed by atoms with Gasteiger partial charge in [-0.15, -0.1) is 0 Å². The number of imide groups is 1. The molecular formula is C14H23N3O4. The van der Waals surface area contributed by atoms with Crippen LogP contribution in [0.15, 0.2) is 0 Å². The largest absolute Gasteiger partial charge is 0.385 e. The number of rotatable bonds is 6. The van der Waals surface area contributed by atoms with Gasteiger partial charge in [-0.05, 0) is 31.6 Å². The van der Waals surface area contributed by atoms with E-state index in [0.29, 0.717) is 18.8 Å². The van der Waals surface area contributed by atoms with Crippen LogP contribution in [0.3, 0.4) is 0 Å². The normalized spacial score (nSPS) is 23.1. The van der Waals surface area contributed by atoms with Crippen molar-refractivity contribution < 1.29 is 19.1 Å². The Morgan fingerprint density at radius 3 is 2.57 bits per heavy atom. The molecule has 0 spiro atoms. The van der Waals surface area contributed by atoms with Crippen molar-refractivity contribution in [3.63, 3.8) is 0 Å². The van der Waals surface area contributed by atoms with Gasteiger partial charge in [-0.3, -0.25) is 14.9 Å². The maximum atomic E-state index is 12.1. The van der Waals surface area contributed by atoms with Gasteiger partial charge in [0.1, 0.15) is 6.04 Å². The van der Waals surface area contributed by atoms with Crippen LogP contribution in [-0.4, -0.2) is 55.6 Å². The Labute approximate surface area is 124 Å². The fourth-order valence-electron chi connectivity index (χ4n) is 2.84. The summed E-state index contributed by atoms with van der Waals surface area (Å²) in [5.41, 5.74) is 0. The predicted molar refractivity (Wildman–Crippen MR) is 75.5 cm³/mol. The first-order valence-electron chi connectivity index (χ1n) is 7.48. The highest BCUT2D eigenvalue weighted by Gasteiger charge is 2.30. The molecule has 0 aliphatic carbocycles. The first kappa shape index (κ1) is 15.8. The Kier molecular flexibility index (Phi) is 5.55. The van der Waals surface area contributed by atoms with Crippen molar-refractivity contribution in [2.45, 2.75) is 38.1 Å². The number of hydrogen-bond donors (Lipinski definition) is 2. The molecule has 2 rings (SSSR count). The van der Waals surface area contributed by atoms with Crippen LogP contribution >= 0.6 is 0 Å². The molecular weight excluding hydrogens is 274 g/mol. The van der Waals surface area contributed by atoms with E-state index in [-0.39, 0.29) is 11.8 Å². The van der Waals surface area contributed by atoms with Crippen LogP contribution in [0.1, 0.15) is 32.1 Å². The highest BCUT2D eigenvalue weighted by atomic mass is 16.5. The number of nitrogens with one attached hydrogen (secondary N) is 2. The zero-order chi connectivity index (χ0) is 15.2. The topological polar surface area (TPSA) is 87.7 Å². The Bertz CT molecular complexity index is 405. The van der Waals surface area contributed by atoms with E-state index >= 15 is 0 Å². The van der Waals surface area contributed by atoms with Gasteiger partial charge in [0.25, 0.3) is 5.91 Å². The fraction of sp³-hybridized carbons (Fsp3) is 0.786. The molecule has 118 valence electrons. The summed E-state index contributed by atoms with van der Waals surface area (Å²) in [7, 11) is 1.70. The number of amides is 4. The van der Waals surface area contributed by atoms with Gasteiger partial charge in [0.15, 0.2) is 0 Å². The lowest BCUT2D eigenvalue weighted by Gasteiger charge is -2.32. The number of nitrogens with zero attached hydrogens (tertiary/aromatic N) is 1. The summed E-state index contributed by atoms with van der Waals surface area (Å²) < 4.78 is 5.08. The van der Waals surface area contributed by atoms with E-state index in [2.05, 4.69) is 10.6 Å². The average molecular weight is 297 g/mol. The van der Waals surface area contributed by atoms with Gasteiger partial charge in [-0.2, -0.15) is 0 Å². The van der Waals surface area contributed by atoms with Gasteiger partial charge >= 0.3 is 6.03 Å². The monoisotopic (exact) mass is 297 g/mol. The van der Waals surface area contributed by atoms with Gasteiger partial charge < -0.3 is 15.0 Å². The number of methoxy groups -OCH3 is 1. The van der Waals surface area contributed by atoms with E-state index in [1.807, 2.05) is 4.90 Å². The Hall–Kier alpha value is -1.63. The molecule has 0 saturated carbocycles. The minimum Gasteiger partial charge on any atom is -0.385 e. The van der Waals surface area contributed by atoms with Gasteiger partial charge in [0.05, 0.1) is 0 Å². The van der Waals surface area contributed by atoms with Crippen LogP contribution in [0.5, 0.6) is 0 Å². The Morgan fingerprint density at radius 2 is 2.00 bits per heavy atom. The second kappa shape index (κ2) is 7.40. The van der Waals surface area contributed by atoms with Crippen LogP contribution in [0.25, 0.3) is 0 Å². The van der Waals surface area contributed by atoms with E-state index in [0.717, 1.165) is 39.0 Å². The molecule has 0 aromatic rings. The number of carbonyl (C=O) groups is 3. The molecule has 0 unspecified atom stereocenters. The third-order valence-electron chi connectivity index (χ3n) is 4.20. The number of hydrogen-bond acceptors (Lipinski definition) is 4. The molecule has 4 amide bonds. The minimum absolute atomic E-state index is 0.0640. The third-order valence-corrected chi connectivity index (χ3v) is 4.20. The van der Waals surface area contributed by atoms with Crippen molar-refractivity contribution in [1.29, 1.82) is 0 Å². The first-order valence-corrected chi connectivity index (χ1v) is 7.48. The molecule has 0 aromatic heterocycles. The summed E-state index contributed by atoms with van der Waals surface area (Å²) in [5, 5.41) is 4.68. The summed E-state index contributed by atoms with van der Waals surface area (Å²) in [6.07, 6.45) is 3.72. The highest BCUT2D eigenvalue weighted by Crippen LogP contribution is 2.21. The quantitative estimate of drug-likeness (QED) is 0.688. The van der Waals surface area contributed by atoms with E-state index < -0.39 is 12.1 Å². The molecule has 2 fully saturated rings. The maximum Gasteiger partial charge on any atom is 0.322 e. The molecule has 2 heterocycles. The number of ether oxygens (including phenoxy) is 1. The van der Waals surface area contributed by atoms with Crippen molar-refractivity contribution >= 4 is 17.8 Å². The van der Waals surface area contributed by atoms with Crippen LogP contribution in [0.2, 0.25) is 0 Å². The smallest absolute Gasteiger partial charge is 0.322 e. The Balaban J connectivity index is 1.68. The minimum atomic E-state index is -0.569. The molecule has 2 N–H and O–H groups in total. The molecule has 0 aromatic carbocycles. The summed E-state index contributed by atoms with van der Waals surface area (Å²) >= 11 is 0. The lowest BCUT2D eigenvalue weighted by molar-refractivity contribution is -0.133. The highest BCUT2D eigenvalue weighted by molar-refractivity contribution is 6.04. The SMILES string of the molecule is COCCC1CCN(C(=O)CC[C@@H]2NC(=O)NC2=O)CC1. The summed E-state index contributed by atoms with van der Waals surface area (Å²) in [6.45, 7) is 2.32. The lowest BCUT2D eigenvalue weighted by atomic mass is 9.93. The van der Waals surface area contributed by atoms with Crippen LogP contribution < -0.4 is 10.6 Å². The zero-order valence-electron chi connectivity index (χ0n) is 12.4. The number of carbonyl (C=O) groups excluding carboxylic acids is 3. The summed E-state index contributed by atoms with van der Waals surface area (Å²) in [5.74, 6) is 0.356. The van der Waals surface area contributed by atoms with Crippen LogP contribution in [0.4, 0.5) is 4.79 Å². The molecule has 0 bridgehead atoms. The second-order valence-corrected chi connectivity index (χ2v) is 5.66. The number of likely N-dealkylation sites (tertiary alicyclic amines) is 1. The third kappa shape index (κ3) is 4.42. The first-order chi connectivity index (χ1) is 10.1. The zero-order valence-corrected chi connectivity index (χ0v) is 12.4. The van der Waals surface area contributed by atoms with Crippen molar-refractivity contribution in [1.82, 2.24) is 15.5 Å². The van der Waals surface area contributed by atoms with E-state index in [1.165, 1.54) is 0 Å². The van der Waals surface area contributed by atoms with E-state index in [4.69, 9.17) is 4.74 Å². The molecule has 1 atom stereocenters. The molecule has 2 saturated heterocycles. The molecule has 7 heteroatoms. The van der Waals surface area contributed by atoms with Crippen LogP contribution in [-0.2, 0) is 14.3 Å². The molecule has 7 nitrogen and oxygen atoms in total. The maximum absolute atomic E-state index is 12.1. The second-order valence-electron chi connectivity index (χ2n) is 5.66. The van der Waals surface area contributed by atoms with E-state index in [1.54, 1.807) is 7.11 Å². The van der Waals surface area contributed by atoms with Crippen molar-refractivity contribution in [2.24, 2.45) is 5.92 Å². The fourth-order valence-corrected chi connectivity index (χ4v) is 2.84. The Morgan fingerprint density at radius 1 is 1.29 bits per heavy atom. The molecule has 2 aliphatic rings. The van der Waals surface area contributed by atoms with Crippen molar-refractivity contribution in [3.8, 4) is 0 Å². The number of urea groups is 1. The van der Waals surface area contributed by atoms with Gasteiger partial charge in [-0.1, -0.05) is 0 Å². The van der Waals surface area contributed by atoms with Crippen LogP contribution in [0, 0.1) is 5.92 Å². The van der Waals surface area contributed by atoms with Gasteiger partial charge in [-0.25, -0.2) is 4.79 Å². The van der Waals surface area contributed by atoms with Crippen molar-refractivity contribution in [2.75, 3.05) is 26.8 Å². The standard InChI is InChI=1S/C14H23N3O4/c1-21-9-6-10-4-7-17(8-5-10)12(18)3-2-11-13(19)16-14(20)15-11/h10-11H,2-9H2,1H3,(H2,15,16,19,20)/t11-/m0/s1.